The molecule has 1 aromatic carbocycles. The normalized spacial score (nSPS) is 19.4. The number of nitrogens with one attached hydrogen (secondary N) is 1. The molecule has 2 heterocycles. The first-order valence-electron chi connectivity index (χ1n) is 6.84. The van der Waals surface area contributed by atoms with Crippen LogP contribution in [0.2, 0.25) is 0 Å². The number of hydrogen-bond donors (Lipinski definition) is 1. The molecule has 104 valence electrons. The van der Waals surface area contributed by atoms with E-state index in [2.05, 4.69) is 32.2 Å². The molecule has 0 unspecified atom stereocenters. The van der Waals surface area contributed by atoms with Crippen LogP contribution < -0.4 is 14.8 Å². The molecule has 0 bridgehead atoms. The van der Waals surface area contributed by atoms with Gasteiger partial charge in [-0.1, -0.05) is 15.9 Å². The number of nitrogens with zero attached hydrogens (tertiary/aromatic N) is 1. The van der Waals surface area contributed by atoms with E-state index in [1.54, 1.807) is 0 Å². The maximum Gasteiger partial charge on any atom is 0.162 e. The van der Waals surface area contributed by atoms with E-state index in [4.69, 9.17) is 9.47 Å². The van der Waals surface area contributed by atoms with Crippen LogP contribution in [0.4, 0.5) is 0 Å². The van der Waals surface area contributed by atoms with Gasteiger partial charge in [-0.05, 0) is 24.1 Å². The third-order valence-electron chi connectivity index (χ3n) is 3.62. The molecule has 1 N–H and O–H groups in total. The molecule has 0 atom stereocenters. The Bertz CT molecular complexity index is 447. The Labute approximate surface area is 122 Å². The molecule has 2 aliphatic heterocycles. The third kappa shape index (κ3) is 3.22. The lowest BCUT2D eigenvalue weighted by Crippen LogP contribution is -2.44. The van der Waals surface area contributed by atoms with Crippen LogP contribution >= 0.6 is 15.9 Å². The van der Waals surface area contributed by atoms with Crippen LogP contribution in [0.5, 0.6) is 11.5 Å². The van der Waals surface area contributed by atoms with Crippen molar-refractivity contribution in [3.63, 3.8) is 0 Å². The van der Waals surface area contributed by atoms with Crippen LogP contribution in [-0.4, -0.2) is 50.8 Å². The molecule has 4 nitrogen and oxygen atoms in total. The molecule has 0 spiro atoms. The first-order chi connectivity index (χ1) is 9.33. The highest BCUT2D eigenvalue weighted by Crippen LogP contribution is 2.35. The zero-order valence-electron chi connectivity index (χ0n) is 11.0. The van der Waals surface area contributed by atoms with Gasteiger partial charge in [-0.15, -0.1) is 0 Å². The minimum Gasteiger partial charge on any atom is -0.486 e. The maximum atomic E-state index is 5.64. The highest BCUT2D eigenvalue weighted by Gasteiger charge is 2.16. The van der Waals surface area contributed by atoms with Gasteiger partial charge in [-0.3, -0.25) is 0 Å². The number of ether oxygens (including phenoxy) is 2. The van der Waals surface area contributed by atoms with Crippen molar-refractivity contribution in [2.45, 2.75) is 6.42 Å². The van der Waals surface area contributed by atoms with E-state index >= 15 is 0 Å². The highest BCUT2D eigenvalue weighted by molar-refractivity contribution is 9.10. The molecule has 0 saturated carbocycles. The van der Waals surface area contributed by atoms with Gasteiger partial charge in [0.25, 0.3) is 0 Å². The Morgan fingerprint density at radius 1 is 1.11 bits per heavy atom. The third-order valence-corrected chi connectivity index (χ3v) is 4.36. The van der Waals surface area contributed by atoms with Crippen LogP contribution in [0, 0.1) is 0 Å². The predicted octanol–water partition coefficient (Wildman–Crippen LogP) is 1.67. The van der Waals surface area contributed by atoms with Crippen molar-refractivity contribution in [1.29, 1.82) is 0 Å². The molecule has 0 aromatic heterocycles. The van der Waals surface area contributed by atoms with Crippen molar-refractivity contribution in [3.8, 4) is 11.5 Å². The molecule has 0 radical (unpaired) electrons. The van der Waals surface area contributed by atoms with Crippen LogP contribution in [0.1, 0.15) is 5.56 Å². The predicted molar refractivity (Wildman–Crippen MR) is 78.1 cm³/mol. The van der Waals surface area contributed by atoms with E-state index in [0.29, 0.717) is 13.2 Å². The first kappa shape index (κ1) is 13.2. The summed E-state index contributed by atoms with van der Waals surface area (Å²) in [7, 11) is 0. The minimum atomic E-state index is 0.638. The largest absolute Gasteiger partial charge is 0.486 e. The van der Waals surface area contributed by atoms with Crippen molar-refractivity contribution in [2.75, 3.05) is 45.9 Å². The fraction of sp³-hybridized carbons (Fsp3) is 0.571. The molecule has 2 aliphatic rings. The summed E-state index contributed by atoms with van der Waals surface area (Å²) < 4.78 is 12.3. The van der Waals surface area contributed by atoms with Gasteiger partial charge in [-0.25, -0.2) is 0 Å². The van der Waals surface area contributed by atoms with Crippen LogP contribution in [0.15, 0.2) is 16.6 Å². The zero-order chi connectivity index (χ0) is 13.1. The quantitative estimate of drug-likeness (QED) is 0.916. The molecular weight excluding hydrogens is 308 g/mol. The lowest BCUT2D eigenvalue weighted by molar-refractivity contribution is 0.171. The van der Waals surface area contributed by atoms with E-state index in [-0.39, 0.29) is 0 Å². The van der Waals surface area contributed by atoms with Crippen molar-refractivity contribution < 1.29 is 9.47 Å². The maximum absolute atomic E-state index is 5.64. The average molecular weight is 327 g/mol. The number of fused-ring (bicyclic) bond motifs is 1. The molecule has 1 fully saturated rings. The van der Waals surface area contributed by atoms with Gasteiger partial charge < -0.3 is 19.7 Å². The summed E-state index contributed by atoms with van der Waals surface area (Å²) in [6.45, 7) is 6.86. The summed E-state index contributed by atoms with van der Waals surface area (Å²) in [6.07, 6.45) is 1.04. The molecular formula is C14H19BrN2O2. The lowest BCUT2D eigenvalue weighted by atomic mass is 10.1. The van der Waals surface area contributed by atoms with Crippen LogP contribution in [0.25, 0.3) is 0 Å². The number of piperazine rings is 1. The van der Waals surface area contributed by atoms with Crippen molar-refractivity contribution in [1.82, 2.24) is 10.2 Å². The second-order valence-electron chi connectivity index (χ2n) is 4.93. The van der Waals surface area contributed by atoms with E-state index in [9.17, 15) is 0 Å². The monoisotopic (exact) mass is 326 g/mol. The van der Waals surface area contributed by atoms with Crippen molar-refractivity contribution in [2.24, 2.45) is 0 Å². The summed E-state index contributed by atoms with van der Waals surface area (Å²) in [4.78, 5) is 2.50. The van der Waals surface area contributed by atoms with Gasteiger partial charge in [-0.2, -0.15) is 0 Å². The Hall–Kier alpha value is -0.780. The number of hydrogen-bond acceptors (Lipinski definition) is 4. The van der Waals surface area contributed by atoms with E-state index < -0.39 is 0 Å². The summed E-state index contributed by atoms with van der Waals surface area (Å²) in [5.41, 5.74) is 1.29. The van der Waals surface area contributed by atoms with E-state index in [1.807, 2.05) is 6.07 Å². The van der Waals surface area contributed by atoms with Gasteiger partial charge in [0, 0.05) is 37.2 Å². The summed E-state index contributed by atoms with van der Waals surface area (Å²) in [5.74, 6) is 1.73. The Morgan fingerprint density at radius 2 is 1.79 bits per heavy atom. The summed E-state index contributed by atoms with van der Waals surface area (Å²) in [5, 5.41) is 3.38. The second kappa shape index (κ2) is 6.11. The van der Waals surface area contributed by atoms with Crippen LogP contribution in [-0.2, 0) is 6.42 Å². The standard InChI is InChI=1S/C14H19BrN2O2/c15-12-10-14-13(18-7-8-19-14)9-11(12)1-4-17-5-2-16-3-6-17/h9-10,16H,1-8H2. The molecule has 1 aromatic rings. The smallest absolute Gasteiger partial charge is 0.162 e. The van der Waals surface area contributed by atoms with Crippen molar-refractivity contribution in [3.05, 3.63) is 22.2 Å². The molecule has 3 rings (SSSR count). The molecule has 19 heavy (non-hydrogen) atoms. The Morgan fingerprint density at radius 3 is 2.53 bits per heavy atom. The van der Waals surface area contributed by atoms with Gasteiger partial charge in [0.05, 0.1) is 0 Å². The molecule has 0 amide bonds. The summed E-state index contributed by atoms with van der Waals surface area (Å²) in [6, 6.07) is 4.14. The SMILES string of the molecule is Brc1cc2c(cc1CCN1CCNCC1)OCCO2. The highest BCUT2D eigenvalue weighted by atomic mass is 79.9. The number of rotatable bonds is 3. The molecule has 5 heteroatoms. The fourth-order valence-electron chi connectivity index (χ4n) is 2.51. The Kier molecular flexibility index (Phi) is 4.25. The summed E-state index contributed by atoms with van der Waals surface area (Å²) >= 11 is 3.63. The zero-order valence-corrected chi connectivity index (χ0v) is 12.5. The molecule has 1 saturated heterocycles. The average Bonchev–Trinajstić information content (AvgIpc) is 2.46. The molecule has 0 aliphatic carbocycles. The minimum absolute atomic E-state index is 0.638. The van der Waals surface area contributed by atoms with Crippen molar-refractivity contribution >= 4 is 15.9 Å². The fourth-order valence-corrected chi connectivity index (χ4v) is 3.03. The second-order valence-corrected chi connectivity index (χ2v) is 5.78. The topological polar surface area (TPSA) is 33.7 Å². The Balaban J connectivity index is 1.66. The number of halogens is 1. The first-order valence-corrected chi connectivity index (χ1v) is 7.63. The van der Waals surface area contributed by atoms with Gasteiger partial charge >= 0.3 is 0 Å². The van der Waals surface area contributed by atoms with Gasteiger partial charge in [0.2, 0.25) is 0 Å². The number of benzene rings is 1. The van der Waals surface area contributed by atoms with E-state index in [0.717, 1.165) is 55.1 Å². The van der Waals surface area contributed by atoms with Gasteiger partial charge in [0.15, 0.2) is 11.5 Å². The lowest BCUT2D eigenvalue weighted by Gasteiger charge is -2.27. The van der Waals surface area contributed by atoms with Gasteiger partial charge in [0.1, 0.15) is 13.2 Å². The van der Waals surface area contributed by atoms with E-state index in [1.165, 1.54) is 5.56 Å². The van der Waals surface area contributed by atoms with Crippen LogP contribution in [0.3, 0.4) is 0 Å².